The molecule has 0 aromatic rings. The molecule has 0 rings (SSSR count). The van der Waals surface area contributed by atoms with Crippen LogP contribution in [0.3, 0.4) is 0 Å². The van der Waals surface area contributed by atoms with E-state index >= 15 is 0 Å². The lowest BCUT2D eigenvalue weighted by Gasteiger charge is -2.25. The van der Waals surface area contributed by atoms with Crippen molar-refractivity contribution < 1.29 is 29.4 Å². The zero-order chi connectivity index (χ0) is 24.0. The number of carboxylic acid groups (broad SMARTS) is 1. The summed E-state index contributed by atoms with van der Waals surface area (Å²) >= 11 is 2.99. The number of rotatable bonds is 16. The van der Waals surface area contributed by atoms with Crippen LogP contribution in [0.25, 0.3) is 0 Å². The van der Waals surface area contributed by atoms with Crippen LogP contribution in [0.1, 0.15) is 33.1 Å². The van der Waals surface area contributed by atoms with Gasteiger partial charge in [0, 0.05) is 0 Å². The number of amides is 3. The molecule has 4 atom stereocenters. The number of hydrogen-bond donors (Lipinski definition) is 6. The summed E-state index contributed by atoms with van der Waals surface area (Å²) in [6.45, 7) is 3.03. The molecule has 0 spiro atoms. The number of hydrogen-bond acceptors (Lipinski definition) is 8. The fourth-order valence-electron chi connectivity index (χ4n) is 2.59. The topological polar surface area (TPSA) is 171 Å². The Morgan fingerprint density at radius 2 is 1.32 bits per heavy atom. The van der Waals surface area contributed by atoms with Crippen molar-refractivity contribution in [2.45, 2.75) is 57.3 Å². The molecule has 0 fully saturated rings. The number of carbonyl (C=O) groups excluding carboxylic acids is 3. The molecule has 0 aliphatic heterocycles. The van der Waals surface area contributed by atoms with E-state index in [9.17, 15) is 29.4 Å². The summed E-state index contributed by atoms with van der Waals surface area (Å²) in [7, 11) is 0. The van der Waals surface area contributed by atoms with Crippen molar-refractivity contribution in [2.75, 3.05) is 30.6 Å². The summed E-state index contributed by atoms with van der Waals surface area (Å²) < 4.78 is 0. The van der Waals surface area contributed by atoms with Crippen LogP contribution >= 0.6 is 23.5 Å². The summed E-state index contributed by atoms with van der Waals surface area (Å²) in [6.07, 6.45) is 4.63. The van der Waals surface area contributed by atoms with Crippen LogP contribution in [0.5, 0.6) is 0 Å². The van der Waals surface area contributed by atoms with E-state index in [1.807, 2.05) is 26.4 Å². The monoisotopic (exact) mass is 480 g/mol. The molecule has 0 aliphatic rings. The molecule has 0 aliphatic carbocycles. The molecule has 180 valence electrons. The van der Waals surface area contributed by atoms with E-state index in [-0.39, 0.29) is 18.8 Å². The normalized spacial score (nSPS) is 14.9. The van der Waals surface area contributed by atoms with E-state index in [0.29, 0.717) is 17.9 Å². The molecular weight excluding hydrogens is 444 g/mol. The van der Waals surface area contributed by atoms with Crippen LogP contribution in [-0.4, -0.2) is 88.7 Å². The number of carbonyl (C=O) groups is 4. The van der Waals surface area contributed by atoms with Gasteiger partial charge in [0.25, 0.3) is 0 Å². The second-order valence-electron chi connectivity index (χ2n) is 7.50. The number of nitrogens with one attached hydrogen (secondary N) is 3. The highest BCUT2D eigenvalue weighted by Gasteiger charge is 2.30. The Labute approximate surface area is 192 Å². The molecule has 0 saturated heterocycles. The summed E-state index contributed by atoms with van der Waals surface area (Å²) in [4.78, 5) is 48.9. The van der Waals surface area contributed by atoms with E-state index in [4.69, 9.17) is 5.73 Å². The second kappa shape index (κ2) is 16.2. The SMILES string of the molecule is CSCCC(N)C(=O)NC(CO)C(=O)NC(CC(C)C)C(=O)NC(CCSC)C(=O)O. The average molecular weight is 481 g/mol. The number of nitrogens with two attached hydrogens (primary N) is 1. The molecule has 31 heavy (non-hydrogen) atoms. The first-order valence-electron chi connectivity index (χ1n) is 10.1. The number of aliphatic carboxylic acids is 1. The number of aliphatic hydroxyl groups excluding tert-OH is 1. The van der Waals surface area contributed by atoms with Gasteiger partial charge in [-0.05, 0) is 49.2 Å². The molecule has 0 heterocycles. The van der Waals surface area contributed by atoms with E-state index in [1.54, 1.807) is 0 Å². The maximum atomic E-state index is 12.7. The van der Waals surface area contributed by atoms with E-state index in [0.717, 1.165) is 0 Å². The summed E-state index contributed by atoms with van der Waals surface area (Å²) in [5, 5.41) is 26.3. The lowest BCUT2D eigenvalue weighted by molar-refractivity contribution is -0.142. The van der Waals surface area contributed by atoms with Crippen molar-refractivity contribution in [3.8, 4) is 0 Å². The average Bonchev–Trinajstić information content (AvgIpc) is 2.71. The molecule has 0 aromatic heterocycles. The maximum Gasteiger partial charge on any atom is 0.326 e. The minimum atomic E-state index is -1.28. The quantitative estimate of drug-likeness (QED) is 0.169. The smallest absolute Gasteiger partial charge is 0.326 e. The van der Waals surface area contributed by atoms with E-state index in [1.165, 1.54) is 23.5 Å². The molecular formula is C19H36N4O6S2. The van der Waals surface area contributed by atoms with Gasteiger partial charge < -0.3 is 31.9 Å². The predicted molar refractivity (Wildman–Crippen MR) is 124 cm³/mol. The first kappa shape index (κ1) is 29.5. The van der Waals surface area contributed by atoms with Crippen LogP contribution in [0.4, 0.5) is 0 Å². The zero-order valence-corrected chi connectivity index (χ0v) is 20.2. The van der Waals surface area contributed by atoms with E-state index < -0.39 is 54.5 Å². The first-order chi connectivity index (χ1) is 14.6. The van der Waals surface area contributed by atoms with Crippen molar-refractivity contribution in [2.24, 2.45) is 11.7 Å². The van der Waals surface area contributed by atoms with Crippen LogP contribution in [0, 0.1) is 5.92 Å². The third-order valence-electron chi connectivity index (χ3n) is 4.35. The Morgan fingerprint density at radius 3 is 1.81 bits per heavy atom. The second-order valence-corrected chi connectivity index (χ2v) is 9.47. The molecule has 7 N–H and O–H groups in total. The molecule has 0 saturated carbocycles. The fourth-order valence-corrected chi connectivity index (χ4v) is 3.55. The van der Waals surface area contributed by atoms with Gasteiger partial charge in [0.05, 0.1) is 12.6 Å². The number of aliphatic hydroxyl groups is 1. The Balaban J connectivity index is 5.17. The van der Waals surface area contributed by atoms with Gasteiger partial charge in [-0.25, -0.2) is 4.79 Å². The number of carboxylic acids is 1. The standard InChI is InChI=1S/C19H36N4O6S2/c1-11(2)9-14(17(26)21-13(19(28)29)6-8-31-4)22-18(27)15(10-24)23-16(25)12(20)5-7-30-3/h11-15,24H,5-10,20H2,1-4H3,(H,21,26)(H,22,27)(H,23,25)(H,28,29). The largest absolute Gasteiger partial charge is 0.480 e. The molecule has 4 unspecified atom stereocenters. The van der Waals surface area contributed by atoms with Crippen molar-refractivity contribution in [3.63, 3.8) is 0 Å². The first-order valence-corrected chi connectivity index (χ1v) is 12.8. The third-order valence-corrected chi connectivity index (χ3v) is 5.64. The zero-order valence-electron chi connectivity index (χ0n) is 18.6. The van der Waals surface area contributed by atoms with Crippen molar-refractivity contribution in [3.05, 3.63) is 0 Å². The summed E-state index contributed by atoms with van der Waals surface area (Å²) in [6, 6.07) is -4.19. The maximum absolute atomic E-state index is 12.7. The van der Waals surface area contributed by atoms with Crippen molar-refractivity contribution in [1.29, 1.82) is 0 Å². The van der Waals surface area contributed by atoms with Crippen LogP contribution in [0.15, 0.2) is 0 Å². The van der Waals surface area contributed by atoms with Gasteiger partial charge in [-0.2, -0.15) is 23.5 Å². The molecule has 3 amide bonds. The van der Waals surface area contributed by atoms with Gasteiger partial charge >= 0.3 is 5.97 Å². The van der Waals surface area contributed by atoms with Crippen LogP contribution in [0.2, 0.25) is 0 Å². The fraction of sp³-hybridized carbons (Fsp3) is 0.789. The summed E-state index contributed by atoms with van der Waals surface area (Å²) in [5.41, 5.74) is 5.78. The van der Waals surface area contributed by atoms with Crippen molar-refractivity contribution in [1.82, 2.24) is 16.0 Å². The third kappa shape index (κ3) is 12.2. The Bertz CT molecular complexity index is 594. The van der Waals surface area contributed by atoms with Gasteiger partial charge in [-0.3, -0.25) is 14.4 Å². The van der Waals surface area contributed by atoms with Crippen LogP contribution < -0.4 is 21.7 Å². The molecule has 0 aromatic carbocycles. The van der Waals surface area contributed by atoms with Gasteiger partial charge in [-0.15, -0.1) is 0 Å². The van der Waals surface area contributed by atoms with Gasteiger partial charge in [-0.1, -0.05) is 13.8 Å². The Kier molecular flexibility index (Phi) is 15.4. The Hall–Kier alpha value is -1.50. The lowest BCUT2D eigenvalue weighted by Crippen LogP contribution is -2.58. The minimum absolute atomic E-state index is 0.0210. The summed E-state index contributed by atoms with van der Waals surface area (Å²) in [5.74, 6) is -1.86. The van der Waals surface area contributed by atoms with Crippen LogP contribution in [-0.2, 0) is 19.2 Å². The van der Waals surface area contributed by atoms with Gasteiger partial charge in [0.1, 0.15) is 18.1 Å². The van der Waals surface area contributed by atoms with Gasteiger partial charge in [0.15, 0.2) is 0 Å². The Morgan fingerprint density at radius 1 is 0.839 bits per heavy atom. The number of thioether (sulfide) groups is 2. The van der Waals surface area contributed by atoms with Gasteiger partial charge in [0.2, 0.25) is 17.7 Å². The molecule has 0 radical (unpaired) electrons. The minimum Gasteiger partial charge on any atom is -0.480 e. The highest BCUT2D eigenvalue weighted by Crippen LogP contribution is 2.08. The highest BCUT2D eigenvalue weighted by molar-refractivity contribution is 7.98. The molecule has 12 heteroatoms. The molecule has 10 nitrogen and oxygen atoms in total. The predicted octanol–water partition coefficient (Wildman–Crippen LogP) is -0.603. The van der Waals surface area contributed by atoms with E-state index in [2.05, 4.69) is 16.0 Å². The van der Waals surface area contributed by atoms with Crippen molar-refractivity contribution >= 4 is 47.2 Å². The lowest BCUT2D eigenvalue weighted by atomic mass is 10.0. The highest BCUT2D eigenvalue weighted by atomic mass is 32.2. The molecule has 0 bridgehead atoms.